The van der Waals surface area contributed by atoms with Crippen LogP contribution in [0.2, 0.25) is 0 Å². The zero-order valence-electron chi connectivity index (χ0n) is 7.59. The molecule has 0 N–H and O–H groups in total. The Morgan fingerprint density at radius 1 is 0.857 bits per heavy atom. The summed E-state index contributed by atoms with van der Waals surface area (Å²) < 4.78 is 20.5. The molecule has 0 saturated carbocycles. The van der Waals surface area contributed by atoms with Crippen LogP contribution in [0.15, 0.2) is 0 Å². The van der Waals surface area contributed by atoms with Crippen molar-refractivity contribution < 1.29 is 28.2 Å². The molecule has 6 nitrogen and oxygen atoms in total. The normalized spacial score (nSPS) is 32.6. The summed E-state index contributed by atoms with van der Waals surface area (Å²) >= 11 is 0. The molecule has 2 aliphatic heterocycles. The molecular weight excluding hydrogens is 230 g/mol. The van der Waals surface area contributed by atoms with Gasteiger partial charge in [-0.25, -0.2) is 9.78 Å². The van der Waals surface area contributed by atoms with Crippen molar-refractivity contribution in [3.63, 3.8) is 0 Å². The van der Waals surface area contributed by atoms with Crippen molar-refractivity contribution in [1.82, 2.24) is 0 Å². The van der Waals surface area contributed by atoms with Crippen LogP contribution in [0, 0.1) is 0 Å². The van der Waals surface area contributed by atoms with Crippen LogP contribution in [-0.2, 0) is 28.2 Å². The second-order valence-electron chi connectivity index (χ2n) is 2.57. The molecule has 0 aromatic carbocycles. The van der Waals surface area contributed by atoms with Gasteiger partial charge in [-0.05, 0) is 0 Å². The van der Waals surface area contributed by atoms with Gasteiger partial charge >= 0.3 is 0 Å². The molecule has 0 amide bonds. The van der Waals surface area contributed by atoms with E-state index < -0.39 is 16.8 Å². The molecule has 2 saturated heterocycles. The standard InChI is InChI=1S/C6H12O6P2/c1(9-13-5-3-7-11-13)2-10-14-6-4-8-12-14/h1-6H2. The average molecular weight is 242 g/mol. The number of hydrogen-bond donors (Lipinski definition) is 0. The van der Waals surface area contributed by atoms with E-state index >= 15 is 0 Å². The molecule has 0 radical (unpaired) electrons. The molecular formula is C6H12O6P2. The fourth-order valence-electron chi connectivity index (χ4n) is 0.941. The Kier molecular flexibility index (Phi) is 4.97. The summed E-state index contributed by atoms with van der Waals surface area (Å²) in [7, 11) is -1.67. The molecule has 2 fully saturated rings. The maximum absolute atomic E-state index is 5.37. The van der Waals surface area contributed by atoms with Crippen molar-refractivity contribution in [3.8, 4) is 0 Å². The van der Waals surface area contributed by atoms with Crippen LogP contribution in [0.5, 0.6) is 0 Å². The van der Waals surface area contributed by atoms with Gasteiger partial charge in [0.15, 0.2) is 0 Å². The fraction of sp³-hybridized carbons (Fsp3) is 1.00. The third-order valence-electron chi connectivity index (χ3n) is 1.54. The smallest absolute Gasteiger partial charge is 0.211 e. The SMILES string of the molecule is C1CP(OCCOP2CCOO2)OO1. The molecule has 2 unspecified atom stereocenters. The van der Waals surface area contributed by atoms with Crippen LogP contribution < -0.4 is 0 Å². The fourth-order valence-corrected chi connectivity index (χ4v) is 2.82. The number of rotatable bonds is 5. The lowest BCUT2D eigenvalue weighted by atomic mass is 10.8. The van der Waals surface area contributed by atoms with Gasteiger partial charge < -0.3 is 9.05 Å². The average Bonchev–Trinajstić information content (AvgIpc) is 2.86. The minimum Gasteiger partial charge on any atom is -0.330 e. The van der Waals surface area contributed by atoms with Crippen molar-refractivity contribution in [2.45, 2.75) is 0 Å². The monoisotopic (exact) mass is 242 g/mol. The van der Waals surface area contributed by atoms with E-state index in [0.717, 1.165) is 12.3 Å². The maximum Gasteiger partial charge on any atom is 0.211 e. The zero-order valence-corrected chi connectivity index (χ0v) is 9.38. The van der Waals surface area contributed by atoms with E-state index in [9.17, 15) is 0 Å². The van der Waals surface area contributed by atoms with E-state index in [1.54, 1.807) is 0 Å². The van der Waals surface area contributed by atoms with Crippen molar-refractivity contribution in [1.29, 1.82) is 0 Å². The Labute approximate surface area is 84.4 Å². The van der Waals surface area contributed by atoms with Crippen molar-refractivity contribution >= 4 is 16.8 Å². The van der Waals surface area contributed by atoms with Gasteiger partial charge in [0.05, 0.1) is 26.4 Å². The lowest BCUT2D eigenvalue weighted by Gasteiger charge is -2.09. The van der Waals surface area contributed by atoms with Crippen LogP contribution in [0.4, 0.5) is 0 Å². The second-order valence-corrected chi connectivity index (χ2v) is 5.61. The topological polar surface area (TPSA) is 55.4 Å². The van der Waals surface area contributed by atoms with Crippen molar-refractivity contribution in [2.24, 2.45) is 0 Å². The van der Waals surface area contributed by atoms with Crippen LogP contribution in [0.3, 0.4) is 0 Å². The lowest BCUT2D eigenvalue weighted by molar-refractivity contribution is -0.183. The molecule has 82 valence electrons. The maximum atomic E-state index is 5.37. The molecule has 2 heterocycles. The van der Waals surface area contributed by atoms with Gasteiger partial charge in [0.2, 0.25) is 16.8 Å². The Morgan fingerprint density at radius 2 is 1.36 bits per heavy atom. The molecule has 0 aliphatic carbocycles. The summed E-state index contributed by atoms with van der Waals surface area (Å²) in [6.07, 6.45) is 1.67. The number of hydrogen-bond acceptors (Lipinski definition) is 6. The summed E-state index contributed by atoms with van der Waals surface area (Å²) in [6, 6.07) is 0. The van der Waals surface area contributed by atoms with E-state index in [4.69, 9.17) is 28.2 Å². The molecule has 8 heteroatoms. The van der Waals surface area contributed by atoms with Gasteiger partial charge in [-0.1, -0.05) is 0 Å². The molecule has 0 bridgehead atoms. The molecule has 0 spiro atoms. The second kappa shape index (κ2) is 6.26. The van der Waals surface area contributed by atoms with E-state index in [0.29, 0.717) is 26.4 Å². The van der Waals surface area contributed by atoms with E-state index in [-0.39, 0.29) is 0 Å². The highest BCUT2D eigenvalue weighted by molar-refractivity contribution is 7.47. The van der Waals surface area contributed by atoms with Crippen LogP contribution in [0.25, 0.3) is 0 Å². The van der Waals surface area contributed by atoms with Crippen LogP contribution in [-0.4, -0.2) is 38.8 Å². The summed E-state index contributed by atoms with van der Waals surface area (Å²) in [5.74, 6) is 0. The van der Waals surface area contributed by atoms with Crippen molar-refractivity contribution in [3.05, 3.63) is 0 Å². The quantitative estimate of drug-likeness (QED) is 0.414. The predicted molar refractivity (Wildman–Crippen MR) is 49.6 cm³/mol. The van der Waals surface area contributed by atoms with Gasteiger partial charge in [-0.2, -0.15) is 9.35 Å². The third kappa shape index (κ3) is 3.65. The van der Waals surface area contributed by atoms with Gasteiger partial charge in [0.1, 0.15) is 0 Å². The Hall–Kier alpha value is 0.620. The highest BCUT2D eigenvalue weighted by Crippen LogP contribution is 2.44. The summed E-state index contributed by atoms with van der Waals surface area (Å²) in [6.45, 7) is 2.26. The summed E-state index contributed by atoms with van der Waals surface area (Å²) in [5, 5.41) is 0. The Morgan fingerprint density at radius 3 is 1.71 bits per heavy atom. The zero-order chi connectivity index (χ0) is 9.64. The van der Waals surface area contributed by atoms with E-state index in [1.807, 2.05) is 0 Å². The molecule has 2 atom stereocenters. The molecule has 14 heavy (non-hydrogen) atoms. The van der Waals surface area contributed by atoms with E-state index in [2.05, 4.69) is 0 Å². The first-order valence-electron chi connectivity index (χ1n) is 4.35. The van der Waals surface area contributed by atoms with Gasteiger partial charge in [0, 0.05) is 12.3 Å². The first-order chi connectivity index (χ1) is 6.95. The van der Waals surface area contributed by atoms with Gasteiger partial charge in [-0.15, -0.1) is 0 Å². The highest BCUT2D eigenvalue weighted by Gasteiger charge is 2.21. The molecule has 2 rings (SSSR count). The Bertz CT molecular complexity index is 140. The molecule has 0 aromatic rings. The highest BCUT2D eigenvalue weighted by atomic mass is 31.2. The van der Waals surface area contributed by atoms with Crippen molar-refractivity contribution in [2.75, 3.05) is 38.8 Å². The van der Waals surface area contributed by atoms with Crippen LogP contribution >= 0.6 is 16.8 Å². The van der Waals surface area contributed by atoms with E-state index in [1.165, 1.54) is 0 Å². The minimum atomic E-state index is -0.836. The predicted octanol–water partition coefficient (Wildman–Crippen LogP) is 1.57. The third-order valence-corrected chi connectivity index (χ3v) is 4.12. The minimum absolute atomic E-state index is 0.511. The first kappa shape index (κ1) is 11.1. The first-order valence-corrected chi connectivity index (χ1v) is 7.08. The van der Waals surface area contributed by atoms with Crippen LogP contribution in [0.1, 0.15) is 0 Å². The largest absolute Gasteiger partial charge is 0.330 e. The summed E-state index contributed by atoms with van der Waals surface area (Å²) in [4.78, 5) is 9.42. The molecule has 0 aromatic heterocycles. The van der Waals surface area contributed by atoms with Gasteiger partial charge in [0.25, 0.3) is 0 Å². The lowest BCUT2D eigenvalue weighted by Crippen LogP contribution is -1.99. The molecule has 2 aliphatic rings. The van der Waals surface area contributed by atoms with Gasteiger partial charge in [-0.3, -0.25) is 0 Å². The Balaban J connectivity index is 1.46. The summed E-state index contributed by atoms with van der Waals surface area (Å²) in [5.41, 5.74) is 0.